The average molecular weight is 283 g/mol. The minimum Gasteiger partial charge on any atom is -0.462 e. The molecule has 1 heterocycles. The summed E-state index contributed by atoms with van der Waals surface area (Å²) in [5.41, 5.74) is 1.77. The third-order valence-corrected chi connectivity index (χ3v) is 2.75. The maximum atomic E-state index is 12.0. The summed E-state index contributed by atoms with van der Waals surface area (Å²) in [5.74, 6) is 0.374. The fraction of sp³-hybridized carbons (Fsp3) is 0.176. The third-order valence-electron chi connectivity index (χ3n) is 2.75. The van der Waals surface area contributed by atoms with Gasteiger partial charge in [-0.15, -0.1) is 0 Å². The van der Waals surface area contributed by atoms with E-state index in [1.54, 1.807) is 31.2 Å². The highest BCUT2D eigenvalue weighted by atomic mass is 16.5. The van der Waals surface area contributed by atoms with Gasteiger partial charge in [0.05, 0.1) is 12.3 Å². The van der Waals surface area contributed by atoms with Crippen LogP contribution in [0.4, 0.5) is 0 Å². The van der Waals surface area contributed by atoms with E-state index in [1.165, 1.54) is 0 Å². The minimum absolute atomic E-state index is 0.222. The Hall–Kier alpha value is -2.62. The van der Waals surface area contributed by atoms with E-state index in [2.05, 4.69) is 11.6 Å². The first-order valence-corrected chi connectivity index (χ1v) is 6.68. The van der Waals surface area contributed by atoms with E-state index in [1.807, 2.05) is 25.1 Å². The molecule has 0 aliphatic rings. The molecule has 21 heavy (non-hydrogen) atoms. The lowest BCUT2D eigenvalue weighted by Gasteiger charge is -2.11. The van der Waals surface area contributed by atoms with Gasteiger partial charge in [0.2, 0.25) is 5.88 Å². The minimum atomic E-state index is -0.454. The molecule has 4 nitrogen and oxygen atoms in total. The van der Waals surface area contributed by atoms with Crippen molar-refractivity contribution in [1.82, 2.24) is 4.98 Å². The van der Waals surface area contributed by atoms with Crippen molar-refractivity contribution in [1.29, 1.82) is 0 Å². The van der Waals surface area contributed by atoms with Crippen LogP contribution in [-0.2, 0) is 4.74 Å². The van der Waals surface area contributed by atoms with Crippen molar-refractivity contribution in [2.75, 3.05) is 6.61 Å². The van der Waals surface area contributed by atoms with Crippen LogP contribution in [0.5, 0.6) is 11.6 Å². The first-order valence-electron chi connectivity index (χ1n) is 6.68. The zero-order valence-corrected chi connectivity index (χ0v) is 12.1. The normalized spacial score (nSPS) is 10.0. The second-order valence-electron chi connectivity index (χ2n) is 4.47. The molecule has 0 spiro atoms. The number of carbonyl (C=O) groups is 1. The molecule has 0 saturated heterocycles. The topological polar surface area (TPSA) is 48.4 Å². The van der Waals surface area contributed by atoms with Gasteiger partial charge in [-0.2, -0.15) is 0 Å². The highest BCUT2D eigenvalue weighted by Crippen LogP contribution is 2.25. The fourth-order valence-corrected chi connectivity index (χ4v) is 1.72. The number of carbonyl (C=O) groups excluding carboxylic acids is 1. The Morgan fingerprint density at radius 3 is 2.52 bits per heavy atom. The molecule has 0 saturated carbocycles. The Kier molecular flexibility index (Phi) is 4.72. The predicted octanol–water partition coefficient (Wildman–Crippen LogP) is 4.08. The van der Waals surface area contributed by atoms with Gasteiger partial charge in [-0.05, 0) is 43.7 Å². The molecule has 0 atom stereocenters. The standard InChI is InChI=1S/C17H17NO3/c1-4-20-17(19)14-10-11-15(12(2)3)18-16(14)21-13-8-6-5-7-9-13/h5-11H,2,4H2,1,3H3. The molecule has 2 aromatic rings. The Bertz CT molecular complexity index is 650. The van der Waals surface area contributed by atoms with Gasteiger partial charge in [-0.25, -0.2) is 9.78 Å². The molecule has 108 valence electrons. The van der Waals surface area contributed by atoms with Gasteiger partial charge in [0.1, 0.15) is 11.3 Å². The summed E-state index contributed by atoms with van der Waals surface area (Å²) in [4.78, 5) is 16.3. The van der Waals surface area contributed by atoms with Crippen molar-refractivity contribution in [2.24, 2.45) is 0 Å². The Balaban J connectivity index is 2.40. The molecule has 0 bridgehead atoms. The van der Waals surface area contributed by atoms with Gasteiger partial charge < -0.3 is 9.47 Å². The molecule has 0 fully saturated rings. The van der Waals surface area contributed by atoms with Crippen LogP contribution in [0.25, 0.3) is 5.57 Å². The molecular weight excluding hydrogens is 266 g/mol. The second-order valence-corrected chi connectivity index (χ2v) is 4.47. The van der Waals surface area contributed by atoms with E-state index in [0.29, 0.717) is 23.6 Å². The van der Waals surface area contributed by atoms with Crippen LogP contribution in [0.3, 0.4) is 0 Å². The summed E-state index contributed by atoms with van der Waals surface area (Å²) < 4.78 is 10.7. The van der Waals surface area contributed by atoms with Crippen molar-refractivity contribution >= 4 is 11.5 Å². The molecule has 1 aromatic carbocycles. The first-order chi connectivity index (χ1) is 10.1. The van der Waals surface area contributed by atoms with E-state index < -0.39 is 5.97 Å². The van der Waals surface area contributed by atoms with Crippen molar-refractivity contribution in [3.8, 4) is 11.6 Å². The highest BCUT2D eigenvalue weighted by Gasteiger charge is 2.17. The monoisotopic (exact) mass is 283 g/mol. The molecule has 4 heteroatoms. The lowest BCUT2D eigenvalue weighted by Crippen LogP contribution is -2.08. The highest BCUT2D eigenvalue weighted by molar-refractivity contribution is 5.92. The predicted molar refractivity (Wildman–Crippen MR) is 81.4 cm³/mol. The van der Waals surface area contributed by atoms with Gasteiger partial charge in [0, 0.05) is 0 Å². The average Bonchev–Trinajstić information content (AvgIpc) is 2.48. The van der Waals surface area contributed by atoms with Crippen LogP contribution < -0.4 is 4.74 Å². The van der Waals surface area contributed by atoms with Crippen molar-refractivity contribution in [2.45, 2.75) is 13.8 Å². The number of nitrogens with zero attached hydrogens (tertiary/aromatic N) is 1. The maximum Gasteiger partial charge on any atom is 0.343 e. The summed E-state index contributed by atoms with van der Waals surface area (Å²) in [6, 6.07) is 12.6. The third kappa shape index (κ3) is 3.69. The van der Waals surface area contributed by atoms with Crippen LogP contribution in [-0.4, -0.2) is 17.6 Å². The summed E-state index contributed by atoms with van der Waals surface area (Å²) in [6.45, 7) is 7.75. The Morgan fingerprint density at radius 1 is 1.19 bits per heavy atom. The number of para-hydroxylation sites is 1. The number of hydrogen-bond donors (Lipinski definition) is 0. The van der Waals surface area contributed by atoms with Crippen molar-refractivity contribution in [3.05, 3.63) is 60.3 Å². The summed E-state index contributed by atoms with van der Waals surface area (Å²) >= 11 is 0. The second kappa shape index (κ2) is 6.70. The number of benzene rings is 1. The Labute approximate surface area is 124 Å². The molecule has 1 aromatic heterocycles. The smallest absolute Gasteiger partial charge is 0.343 e. The van der Waals surface area contributed by atoms with E-state index in [4.69, 9.17) is 9.47 Å². The fourth-order valence-electron chi connectivity index (χ4n) is 1.72. The van der Waals surface area contributed by atoms with E-state index >= 15 is 0 Å². The van der Waals surface area contributed by atoms with E-state index in [-0.39, 0.29) is 5.88 Å². The molecule has 0 unspecified atom stereocenters. The number of ether oxygens (including phenoxy) is 2. The van der Waals surface area contributed by atoms with Gasteiger partial charge in [0.25, 0.3) is 0 Å². The number of allylic oxidation sites excluding steroid dienone is 1. The van der Waals surface area contributed by atoms with Crippen LogP contribution in [0.2, 0.25) is 0 Å². The molecule has 2 rings (SSSR count). The van der Waals surface area contributed by atoms with Gasteiger partial charge in [-0.1, -0.05) is 24.8 Å². The maximum absolute atomic E-state index is 12.0. The van der Waals surface area contributed by atoms with Crippen LogP contribution >= 0.6 is 0 Å². The van der Waals surface area contributed by atoms with Crippen LogP contribution in [0, 0.1) is 0 Å². The number of rotatable bonds is 5. The first kappa shape index (κ1) is 14.8. The molecule has 0 aliphatic carbocycles. The quantitative estimate of drug-likeness (QED) is 0.776. The summed E-state index contributed by atoms with van der Waals surface area (Å²) in [6.07, 6.45) is 0. The number of esters is 1. The van der Waals surface area contributed by atoms with Gasteiger partial charge in [0.15, 0.2) is 0 Å². The van der Waals surface area contributed by atoms with Crippen LogP contribution in [0.15, 0.2) is 49.0 Å². The number of hydrogen-bond acceptors (Lipinski definition) is 4. The lowest BCUT2D eigenvalue weighted by molar-refractivity contribution is 0.0522. The van der Waals surface area contributed by atoms with Crippen molar-refractivity contribution in [3.63, 3.8) is 0 Å². The number of aromatic nitrogens is 1. The molecule has 0 amide bonds. The largest absolute Gasteiger partial charge is 0.462 e. The molecular formula is C17H17NO3. The van der Waals surface area contributed by atoms with E-state index in [9.17, 15) is 4.79 Å². The van der Waals surface area contributed by atoms with Crippen LogP contribution in [0.1, 0.15) is 29.9 Å². The zero-order chi connectivity index (χ0) is 15.2. The SMILES string of the molecule is C=C(C)c1ccc(C(=O)OCC)c(Oc2ccccc2)n1. The molecule has 0 aliphatic heterocycles. The van der Waals surface area contributed by atoms with Gasteiger partial charge in [-0.3, -0.25) is 0 Å². The molecule has 0 N–H and O–H groups in total. The summed E-state index contributed by atoms with van der Waals surface area (Å²) in [7, 11) is 0. The summed E-state index contributed by atoms with van der Waals surface area (Å²) in [5, 5.41) is 0. The van der Waals surface area contributed by atoms with Gasteiger partial charge >= 0.3 is 5.97 Å². The van der Waals surface area contributed by atoms with E-state index in [0.717, 1.165) is 5.57 Å². The zero-order valence-electron chi connectivity index (χ0n) is 12.1. The number of pyridine rings is 1. The van der Waals surface area contributed by atoms with Crippen molar-refractivity contribution < 1.29 is 14.3 Å². The lowest BCUT2D eigenvalue weighted by atomic mass is 10.2. The Morgan fingerprint density at radius 2 is 1.90 bits per heavy atom. The molecule has 0 radical (unpaired) electrons.